The Morgan fingerprint density at radius 2 is 1.46 bits per heavy atom. The smallest absolute Gasteiger partial charge is 0.411 e. The van der Waals surface area contributed by atoms with Crippen LogP contribution < -0.4 is 10.6 Å². The molecule has 2 amide bonds. The van der Waals surface area contributed by atoms with Gasteiger partial charge in [-0.2, -0.15) is 0 Å². The first-order valence-electron chi connectivity index (χ1n) is 11.4. The predicted molar refractivity (Wildman–Crippen MR) is 133 cm³/mol. The van der Waals surface area contributed by atoms with Crippen molar-refractivity contribution < 1.29 is 24.2 Å². The Kier molecular flexibility index (Phi) is 6.60. The van der Waals surface area contributed by atoms with Gasteiger partial charge in [-0.3, -0.25) is 10.1 Å². The largest absolute Gasteiger partial charge is 0.480 e. The number of hydrogen-bond donors (Lipinski definition) is 3. The highest BCUT2D eigenvalue weighted by Gasteiger charge is 2.31. The van der Waals surface area contributed by atoms with Crippen LogP contribution in [-0.4, -0.2) is 35.2 Å². The third-order valence-electron chi connectivity index (χ3n) is 6.36. The molecule has 0 radical (unpaired) electrons. The number of carboxylic acid groups (broad SMARTS) is 1. The number of carbonyl (C=O) groups is 3. The molecular formula is C28H28N2O5. The molecule has 3 aromatic carbocycles. The Hall–Kier alpha value is -4.13. The molecule has 1 aliphatic rings. The quantitative estimate of drug-likeness (QED) is 0.442. The van der Waals surface area contributed by atoms with Gasteiger partial charge in [0.25, 0.3) is 0 Å². The second kappa shape index (κ2) is 9.62. The Labute approximate surface area is 204 Å². The minimum Gasteiger partial charge on any atom is -0.480 e. The summed E-state index contributed by atoms with van der Waals surface area (Å²) in [4.78, 5) is 36.2. The SMILES string of the molecule is CC(C(=O)NC(C)(C)C(=O)O)c1ccc(NC(=O)OCC2c3ccccc3-c3ccccc32)cc1. The highest BCUT2D eigenvalue weighted by atomic mass is 16.5. The summed E-state index contributed by atoms with van der Waals surface area (Å²) in [6.45, 7) is 4.78. The van der Waals surface area contributed by atoms with Crippen molar-refractivity contribution in [3.8, 4) is 11.1 Å². The number of amides is 2. The molecule has 35 heavy (non-hydrogen) atoms. The number of benzene rings is 3. The first-order valence-corrected chi connectivity index (χ1v) is 11.4. The zero-order chi connectivity index (χ0) is 25.2. The van der Waals surface area contributed by atoms with Crippen molar-refractivity contribution in [1.29, 1.82) is 0 Å². The van der Waals surface area contributed by atoms with Gasteiger partial charge < -0.3 is 15.2 Å². The highest BCUT2D eigenvalue weighted by Crippen LogP contribution is 2.44. The second-order valence-electron chi connectivity index (χ2n) is 9.21. The maximum atomic E-state index is 12.5. The number of fused-ring (bicyclic) bond motifs is 3. The molecular weight excluding hydrogens is 444 g/mol. The molecule has 1 unspecified atom stereocenters. The fraction of sp³-hybridized carbons (Fsp3) is 0.250. The predicted octanol–water partition coefficient (Wildman–Crippen LogP) is 5.13. The van der Waals surface area contributed by atoms with Crippen LogP contribution in [0.2, 0.25) is 0 Å². The Morgan fingerprint density at radius 1 is 0.914 bits per heavy atom. The van der Waals surface area contributed by atoms with E-state index in [1.165, 1.54) is 13.8 Å². The van der Waals surface area contributed by atoms with Crippen molar-refractivity contribution in [2.24, 2.45) is 0 Å². The number of aliphatic carboxylic acids is 1. The van der Waals surface area contributed by atoms with Gasteiger partial charge in [-0.15, -0.1) is 0 Å². The maximum Gasteiger partial charge on any atom is 0.411 e. The van der Waals surface area contributed by atoms with Gasteiger partial charge in [-0.1, -0.05) is 60.7 Å². The van der Waals surface area contributed by atoms with Crippen LogP contribution in [0.1, 0.15) is 49.3 Å². The van der Waals surface area contributed by atoms with Crippen LogP contribution in [0, 0.1) is 0 Å². The van der Waals surface area contributed by atoms with Gasteiger partial charge in [-0.05, 0) is 60.7 Å². The van der Waals surface area contributed by atoms with Gasteiger partial charge in [0.1, 0.15) is 12.1 Å². The van der Waals surface area contributed by atoms with Crippen molar-refractivity contribution in [2.45, 2.75) is 38.1 Å². The third-order valence-corrected chi connectivity index (χ3v) is 6.36. The lowest BCUT2D eigenvalue weighted by Crippen LogP contribution is -2.50. The van der Waals surface area contributed by atoms with E-state index < -0.39 is 29.4 Å². The molecule has 3 aromatic rings. The van der Waals surface area contributed by atoms with E-state index in [-0.39, 0.29) is 12.5 Å². The number of anilines is 1. The van der Waals surface area contributed by atoms with Gasteiger partial charge in [-0.25, -0.2) is 9.59 Å². The van der Waals surface area contributed by atoms with Gasteiger partial charge in [0.05, 0.1) is 5.92 Å². The van der Waals surface area contributed by atoms with Gasteiger partial charge >= 0.3 is 12.1 Å². The van der Waals surface area contributed by atoms with E-state index in [0.29, 0.717) is 11.3 Å². The summed E-state index contributed by atoms with van der Waals surface area (Å²) in [7, 11) is 0. The van der Waals surface area contributed by atoms with E-state index >= 15 is 0 Å². The summed E-state index contributed by atoms with van der Waals surface area (Å²) >= 11 is 0. The van der Waals surface area contributed by atoms with Crippen molar-refractivity contribution in [1.82, 2.24) is 5.32 Å². The van der Waals surface area contributed by atoms with Crippen LogP contribution in [0.25, 0.3) is 11.1 Å². The van der Waals surface area contributed by atoms with Gasteiger partial charge in [0.15, 0.2) is 0 Å². The normalized spacial score (nSPS) is 13.3. The average molecular weight is 473 g/mol. The van der Waals surface area contributed by atoms with Crippen LogP contribution in [0.5, 0.6) is 0 Å². The standard InChI is InChI=1S/C28H28N2O5/c1-17(25(31)30-28(2,3)26(32)33)18-12-14-19(15-13-18)29-27(34)35-16-24-22-10-6-4-8-20(22)21-9-5-7-11-23(21)24/h4-15,17,24H,16H2,1-3H3,(H,29,34)(H,30,31)(H,32,33). The molecule has 0 aliphatic heterocycles. The molecule has 1 aliphatic carbocycles. The molecule has 0 fully saturated rings. The number of carbonyl (C=O) groups excluding carboxylic acids is 2. The summed E-state index contributed by atoms with van der Waals surface area (Å²) in [5.41, 5.74) is 4.48. The number of carboxylic acids is 1. The topological polar surface area (TPSA) is 105 Å². The summed E-state index contributed by atoms with van der Waals surface area (Å²) in [5.74, 6) is -2.09. The van der Waals surface area contributed by atoms with E-state index in [1.54, 1.807) is 31.2 Å². The molecule has 0 aromatic heterocycles. The van der Waals surface area contributed by atoms with E-state index in [0.717, 1.165) is 22.3 Å². The lowest BCUT2D eigenvalue weighted by atomic mass is 9.97. The third kappa shape index (κ3) is 5.04. The van der Waals surface area contributed by atoms with Crippen LogP contribution in [0.3, 0.4) is 0 Å². The number of ether oxygens (including phenoxy) is 1. The lowest BCUT2D eigenvalue weighted by molar-refractivity contribution is -0.146. The summed E-state index contributed by atoms with van der Waals surface area (Å²) in [6.07, 6.45) is -0.561. The average Bonchev–Trinajstić information content (AvgIpc) is 3.16. The molecule has 3 N–H and O–H groups in total. The minimum absolute atomic E-state index is 0.0232. The van der Waals surface area contributed by atoms with Crippen LogP contribution >= 0.6 is 0 Å². The second-order valence-corrected chi connectivity index (χ2v) is 9.21. The van der Waals surface area contributed by atoms with Crippen LogP contribution in [0.4, 0.5) is 10.5 Å². The molecule has 4 rings (SSSR count). The molecule has 7 heteroatoms. The summed E-state index contributed by atoms with van der Waals surface area (Å²) in [5, 5.41) is 14.5. The van der Waals surface area contributed by atoms with Crippen molar-refractivity contribution >= 4 is 23.7 Å². The summed E-state index contributed by atoms with van der Waals surface area (Å²) < 4.78 is 5.57. The molecule has 0 saturated carbocycles. The molecule has 0 saturated heterocycles. The highest BCUT2D eigenvalue weighted by molar-refractivity contribution is 5.90. The number of hydrogen-bond acceptors (Lipinski definition) is 4. The van der Waals surface area contributed by atoms with Crippen molar-refractivity contribution in [2.75, 3.05) is 11.9 Å². The van der Waals surface area contributed by atoms with Crippen LogP contribution in [-0.2, 0) is 14.3 Å². The van der Waals surface area contributed by atoms with E-state index in [9.17, 15) is 19.5 Å². The molecule has 180 valence electrons. The van der Waals surface area contributed by atoms with Crippen molar-refractivity contribution in [3.05, 3.63) is 89.5 Å². The minimum atomic E-state index is -1.36. The maximum absolute atomic E-state index is 12.5. The molecule has 0 spiro atoms. The Morgan fingerprint density at radius 3 is 2.00 bits per heavy atom. The number of nitrogens with one attached hydrogen (secondary N) is 2. The monoisotopic (exact) mass is 472 g/mol. The van der Waals surface area contributed by atoms with Gasteiger partial charge in [0, 0.05) is 11.6 Å². The fourth-order valence-corrected chi connectivity index (χ4v) is 4.23. The van der Waals surface area contributed by atoms with E-state index in [4.69, 9.17) is 4.74 Å². The zero-order valence-corrected chi connectivity index (χ0v) is 19.9. The fourth-order valence-electron chi connectivity index (χ4n) is 4.23. The van der Waals surface area contributed by atoms with E-state index in [2.05, 4.69) is 34.9 Å². The lowest BCUT2D eigenvalue weighted by Gasteiger charge is -2.23. The van der Waals surface area contributed by atoms with Crippen molar-refractivity contribution in [3.63, 3.8) is 0 Å². The van der Waals surface area contributed by atoms with Gasteiger partial charge in [0.2, 0.25) is 5.91 Å². The number of rotatable bonds is 7. The summed E-state index contributed by atoms with van der Waals surface area (Å²) in [6, 6.07) is 23.1. The Bertz CT molecular complexity index is 1220. The van der Waals surface area contributed by atoms with E-state index in [1.807, 2.05) is 24.3 Å². The molecule has 0 bridgehead atoms. The Balaban J connectivity index is 1.36. The first-order chi connectivity index (χ1) is 16.7. The first kappa shape index (κ1) is 24.0. The zero-order valence-electron chi connectivity index (χ0n) is 19.9. The molecule has 0 heterocycles. The van der Waals surface area contributed by atoms with Crippen LogP contribution in [0.15, 0.2) is 72.8 Å². The molecule has 1 atom stereocenters. The molecule has 7 nitrogen and oxygen atoms in total.